The summed E-state index contributed by atoms with van der Waals surface area (Å²) in [4.78, 5) is 11.9. The standard InChI is InChI=1S/C15H18FNO3/c1-3-9(2)12(18)8-17-15(19)14-7-10-6-11(16)4-5-13(10)20-14/h4-7,9,12,18H,3,8H2,1-2H3,(H,17,19). The number of hydrogen-bond donors (Lipinski definition) is 2. The molecule has 4 nitrogen and oxygen atoms in total. The molecule has 0 spiro atoms. The molecule has 2 N–H and O–H groups in total. The van der Waals surface area contributed by atoms with Gasteiger partial charge in [-0.25, -0.2) is 4.39 Å². The molecule has 0 radical (unpaired) electrons. The van der Waals surface area contributed by atoms with Gasteiger partial charge in [-0.15, -0.1) is 0 Å². The van der Waals surface area contributed by atoms with Crippen LogP contribution in [0.5, 0.6) is 0 Å². The quantitative estimate of drug-likeness (QED) is 0.884. The summed E-state index contributed by atoms with van der Waals surface area (Å²) in [6.45, 7) is 4.06. The molecule has 0 aliphatic heterocycles. The van der Waals surface area contributed by atoms with Gasteiger partial charge in [-0.3, -0.25) is 4.79 Å². The summed E-state index contributed by atoms with van der Waals surface area (Å²) < 4.78 is 18.4. The molecule has 2 atom stereocenters. The largest absolute Gasteiger partial charge is 0.451 e. The lowest BCUT2D eigenvalue weighted by molar-refractivity contribution is 0.0829. The van der Waals surface area contributed by atoms with E-state index in [1.165, 1.54) is 24.3 Å². The van der Waals surface area contributed by atoms with Gasteiger partial charge >= 0.3 is 0 Å². The minimum absolute atomic E-state index is 0.111. The summed E-state index contributed by atoms with van der Waals surface area (Å²) in [5.41, 5.74) is 0.457. The maximum atomic E-state index is 13.1. The number of nitrogens with one attached hydrogen (secondary N) is 1. The van der Waals surface area contributed by atoms with Gasteiger partial charge in [-0.1, -0.05) is 20.3 Å². The summed E-state index contributed by atoms with van der Waals surface area (Å²) in [7, 11) is 0. The molecule has 2 aromatic rings. The number of carbonyl (C=O) groups is 1. The Labute approximate surface area is 116 Å². The Bertz CT molecular complexity index is 608. The molecule has 0 fully saturated rings. The van der Waals surface area contributed by atoms with Crippen molar-refractivity contribution in [1.82, 2.24) is 5.32 Å². The molecule has 2 unspecified atom stereocenters. The van der Waals surface area contributed by atoms with E-state index >= 15 is 0 Å². The number of carbonyl (C=O) groups excluding carboxylic acids is 1. The van der Waals surface area contributed by atoms with Crippen LogP contribution in [0.4, 0.5) is 4.39 Å². The van der Waals surface area contributed by atoms with E-state index in [9.17, 15) is 14.3 Å². The summed E-state index contributed by atoms with van der Waals surface area (Å²) in [5, 5.41) is 12.9. The molecular formula is C15H18FNO3. The zero-order chi connectivity index (χ0) is 14.7. The Hall–Kier alpha value is -1.88. The molecule has 20 heavy (non-hydrogen) atoms. The zero-order valence-corrected chi connectivity index (χ0v) is 11.5. The first kappa shape index (κ1) is 14.5. The lowest BCUT2D eigenvalue weighted by Crippen LogP contribution is -2.35. The smallest absolute Gasteiger partial charge is 0.287 e. The average molecular weight is 279 g/mol. The maximum absolute atomic E-state index is 13.1. The van der Waals surface area contributed by atoms with Gasteiger partial charge in [0.25, 0.3) is 5.91 Å². The van der Waals surface area contributed by atoms with Crippen molar-refractivity contribution in [2.75, 3.05) is 6.54 Å². The molecule has 0 saturated heterocycles. The van der Waals surface area contributed by atoms with Gasteiger partial charge < -0.3 is 14.8 Å². The van der Waals surface area contributed by atoms with Gasteiger partial charge in [0.1, 0.15) is 11.4 Å². The highest BCUT2D eigenvalue weighted by Gasteiger charge is 2.16. The fourth-order valence-corrected chi connectivity index (χ4v) is 1.88. The fraction of sp³-hybridized carbons (Fsp3) is 0.400. The van der Waals surface area contributed by atoms with Gasteiger partial charge in [0.05, 0.1) is 6.10 Å². The number of amides is 1. The van der Waals surface area contributed by atoms with E-state index in [0.29, 0.717) is 11.0 Å². The Morgan fingerprint density at radius 3 is 2.90 bits per heavy atom. The van der Waals surface area contributed by atoms with Gasteiger partial charge in [0.2, 0.25) is 0 Å². The number of furan rings is 1. The van der Waals surface area contributed by atoms with Crippen LogP contribution in [-0.4, -0.2) is 23.7 Å². The number of halogens is 1. The van der Waals surface area contributed by atoms with Crippen molar-refractivity contribution < 1.29 is 18.7 Å². The number of rotatable bonds is 5. The third kappa shape index (κ3) is 3.17. The van der Waals surface area contributed by atoms with Crippen LogP contribution < -0.4 is 5.32 Å². The van der Waals surface area contributed by atoms with Crippen LogP contribution in [0.2, 0.25) is 0 Å². The van der Waals surface area contributed by atoms with E-state index in [-0.39, 0.29) is 24.0 Å². The van der Waals surface area contributed by atoms with Gasteiger partial charge in [0, 0.05) is 11.9 Å². The molecule has 1 aromatic carbocycles. The number of aliphatic hydroxyl groups excluding tert-OH is 1. The zero-order valence-electron chi connectivity index (χ0n) is 11.5. The summed E-state index contributed by atoms with van der Waals surface area (Å²) in [5.74, 6) is -0.566. The Morgan fingerprint density at radius 1 is 1.45 bits per heavy atom. The van der Waals surface area contributed by atoms with Crippen LogP contribution in [0.25, 0.3) is 11.0 Å². The predicted molar refractivity (Wildman–Crippen MR) is 74.0 cm³/mol. The van der Waals surface area contributed by atoms with Crippen molar-refractivity contribution in [3.05, 3.63) is 35.8 Å². The van der Waals surface area contributed by atoms with Crippen molar-refractivity contribution in [1.29, 1.82) is 0 Å². The molecule has 5 heteroatoms. The van der Waals surface area contributed by atoms with E-state index in [2.05, 4.69) is 5.32 Å². The van der Waals surface area contributed by atoms with Crippen molar-refractivity contribution >= 4 is 16.9 Å². The monoisotopic (exact) mass is 279 g/mol. The van der Waals surface area contributed by atoms with Crippen LogP contribution in [0.15, 0.2) is 28.7 Å². The summed E-state index contributed by atoms with van der Waals surface area (Å²) in [6, 6.07) is 5.56. The molecule has 0 bridgehead atoms. The Balaban J connectivity index is 2.04. The highest BCUT2D eigenvalue weighted by atomic mass is 19.1. The van der Waals surface area contributed by atoms with E-state index in [1.54, 1.807) is 0 Å². The summed E-state index contributed by atoms with van der Waals surface area (Å²) >= 11 is 0. The third-order valence-corrected chi connectivity index (χ3v) is 3.47. The molecular weight excluding hydrogens is 261 g/mol. The third-order valence-electron chi connectivity index (χ3n) is 3.47. The first-order valence-corrected chi connectivity index (χ1v) is 6.66. The lowest BCUT2D eigenvalue weighted by atomic mass is 10.0. The molecule has 2 rings (SSSR count). The Kier molecular flexibility index (Phi) is 4.39. The topological polar surface area (TPSA) is 62.5 Å². The summed E-state index contributed by atoms with van der Waals surface area (Å²) in [6.07, 6.45) is 0.242. The van der Waals surface area contributed by atoms with E-state index in [0.717, 1.165) is 6.42 Å². The van der Waals surface area contributed by atoms with Crippen LogP contribution in [0.3, 0.4) is 0 Å². The van der Waals surface area contributed by atoms with Crippen molar-refractivity contribution in [3.63, 3.8) is 0 Å². The molecule has 1 heterocycles. The fourth-order valence-electron chi connectivity index (χ4n) is 1.88. The molecule has 0 saturated carbocycles. The minimum atomic E-state index is -0.592. The van der Waals surface area contributed by atoms with Gasteiger partial charge in [-0.2, -0.15) is 0 Å². The molecule has 0 aliphatic carbocycles. The SMILES string of the molecule is CCC(C)C(O)CNC(=O)c1cc2cc(F)ccc2o1. The molecule has 1 amide bonds. The maximum Gasteiger partial charge on any atom is 0.287 e. The van der Waals surface area contributed by atoms with E-state index < -0.39 is 12.0 Å². The van der Waals surface area contributed by atoms with E-state index in [4.69, 9.17) is 4.42 Å². The van der Waals surface area contributed by atoms with Crippen molar-refractivity contribution in [2.45, 2.75) is 26.4 Å². The number of aliphatic hydroxyl groups is 1. The molecule has 0 aliphatic rings. The van der Waals surface area contributed by atoms with Gasteiger partial charge in [0.15, 0.2) is 5.76 Å². The second-order valence-corrected chi connectivity index (χ2v) is 4.96. The van der Waals surface area contributed by atoms with Crippen molar-refractivity contribution in [3.8, 4) is 0 Å². The molecule has 1 aromatic heterocycles. The average Bonchev–Trinajstić information content (AvgIpc) is 2.86. The first-order valence-electron chi connectivity index (χ1n) is 6.66. The predicted octanol–water partition coefficient (Wildman–Crippen LogP) is 2.71. The van der Waals surface area contributed by atoms with E-state index in [1.807, 2.05) is 13.8 Å². The van der Waals surface area contributed by atoms with Crippen LogP contribution in [0.1, 0.15) is 30.8 Å². The first-order chi connectivity index (χ1) is 9.51. The number of benzene rings is 1. The van der Waals surface area contributed by atoms with Gasteiger partial charge in [-0.05, 0) is 30.2 Å². The number of fused-ring (bicyclic) bond motifs is 1. The normalized spacial score (nSPS) is 14.2. The number of hydrogen-bond acceptors (Lipinski definition) is 3. The lowest BCUT2D eigenvalue weighted by Gasteiger charge is -2.16. The molecule has 108 valence electrons. The van der Waals surface area contributed by atoms with Crippen LogP contribution in [-0.2, 0) is 0 Å². The highest BCUT2D eigenvalue weighted by Crippen LogP contribution is 2.20. The van der Waals surface area contributed by atoms with Crippen molar-refractivity contribution in [2.24, 2.45) is 5.92 Å². The minimum Gasteiger partial charge on any atom is -0.451 e. The second-order valence-electron chi connectivity index (χ2n) is 4.96. The van der Waals surface area contributed by atoms with Crippen LogP contribution >= 0.6 is 0 Å². The highest BCUT2D eigenvalue weighted by molar-refractivity contribution is 5.96. The van der Waals surface area contributed by atoms with Crippen LogP contribution in [0, 0.1) is 11.7 Å². The Morgan fingerprint density at radius 2 is 2.20 bits per heavy atom. The second kappa shape index (κ2) is 6.05.